The van der Waals surface area contributed by atoms with Gasteiger partial charge in [-0.2, -0.15) is 4.98 Å². The minimum absolute atomic E-state index is 0.0882. The summed E-state index contributed by atoms with van der Waals surface area (Å²) in [7, 11) is 0. The summed E-state index contributed by atoms with van der Waals surface area (Å²) < 4.78 is 16.9. The number of anilines is 1. The second-order valence-electron chi connectivity index (χ2n) is 11.5. The van der Waals surface area contributed by atoms with E-state index in [1.54, 1.807) is 32.9 Å². The summed E-state index contributed by atoms with van der Waals surface area (Å²) in [6.07, 6.45) is 13.1. The molecule has 0 saturated carbocycles. The number of hydrogen-bond acceptors (Lipinski definition) is 5. The highest BCUT2D eigenvalue weighted by molar-refractivity contribution is 6.12. The number of allylic oxidation sites excluding steroid dienone is 11. The molecule has 1 N–H and O–H groups in total. The van der Waals surface area contributed by atoms with Crippen molar-refractivity contribution in [1.29, 1.82) is 0 Å². The molecule has 44 heavy (non-hydrogen) atoms. The van der Waals surface area contributed by atoms with Crippen LogP contribution in [0, 0.1) is 19.7 Å². The summed E-state index contributed by atoms with van der Waals surface area (Å²) in [6.45, 7) is 19.5. The molecule has 0 atom stereocenters. The maximum absolute atomic E-state index is 14.3. The topological polar surface area (TPSA) is 81.3 Å². The van der Waals surface area contributed by atoms with Crippen LogP contribution in [0.2, 0.25) is 0 Å². The first-order chi connectivity index (χ1) is 20.8. The predicted octanol–water partition coefficient (Wildman–Crippen LogP) is 7.81. The maximum Gasteiger partial charge on any atom is 0.359 e. The molecule has 2 aromatic rings. The Balaban J connectivity index is 2.27. The van der Waals surface area contributed by atoms with Crippen molar-refractivity contribution in [3.8, 4) is 0 Å². The summed E-state index contributed by atoms with van der Waals surface area (Å²) >= 11 is 0. The molecule has 0 unspecified atom stereocenters. The molecule has 1 aliphatic rings. The van der Waals surface area contributed by atoms with Crippen LogP contribution in [0.5, 0.6) is 0 Å². The van der Waals surface area contributed by atoms with Gasteiger partial charge in [0.15, 0.2) is 0 Å². The molecule has 1 aliphatic carbocycles. The second-order valence-corrected chi connectivity index (χ2v) is 11.5. The average Bonchev–Trinajstić information content (AvgIpc) is 2.96. The van der Waals surface area contributed by atoms with Crippen molar-refractivity contribution in [2.24, 2.45) is 4.99 Å². The molecule has 3 rings (SSSR count). The van der Waals surface area contributed by atoms with Crippen LogP contribution in [0.25, 0.3) is 5.70 Å². The van der Waals surface area contributed by atoms with Gasteiger partial charge in [-0.05, 0) is 126 Å². The molecule has 0 bridgehead atoms. The van der Waals surface area contributed by atoms with Crippen LogP contribution in [0.1, 0.15) is 84.9 Å². The Labute approximate surface area is 260 Å². The lowest BCUT2D eigenvalue weighted by molar-refractivity contribution is 0.613. The highest BCUT2D eigenvalue weighted by Crippen LogP contribution is 2.26. The van der Waals surface area contributed by atoms with E-state index in [-0.39, 0.29) is 24.4 Å². The Morgan fingerprint density at radius 2 is 1.77 bits per heavy atom. The Kier molecular flexibility index (Phi) is 11.6. The number of rotatable bonds is 10. The van der Waals surface area contributed by atoms with Crippen molar-refractivity contribution in [1.82, 2.24) is 14.1 Å². The first-order valence-corrected chi connectivity index (χ1v) is 15.3. The van der Waals surface area contributed by atoms with Gasteiger partial charge >= 0.3 is 11.4 Å². The summed E-state index contributed by atoms with van der Waals surface area (Å²) in [5.74, 6) is -0.198. The summed E-state index contributed by atoms with van der Waals surface area (Å²) in [4.78, 5) is 37.0. The highest BCUT2D eigenvalue weighted by Gasteiger charge is 2.21. The van der Waals surface area contributed by atoms with Crippen LogP contribution >= 0.6 is 0 Å². The zero-order valence-corrected chi connectivity index (χ0v) is 27.8. The van der Waals surface area contributed by atoms with Crippen LogP contribution < -0.4 is 16.7 Å². The molecule has 0 aliphatic heterocycles. The molecule has 0 saturated heterocycles. The number of hydrogen-bond donors (Lipinski definition) is 1. The van der Waals surface area contributed by atoms with Gasteiger partial charge in [-0.25, -0.2) is 18.5 Å². The molecule has 1 aromatic carbocycles. The fourth-order valence-corrected chi connectivity index (χ4v) is 4.98. The van der Waals surface area contributed by atoms with E-state index in [1.165, 1.54) is 16.2 Å². The Hall–Kier alpha value is -4.33. The van der Waals surface area contributed by atoms with Gasteiger partial charge in [0.2, 0.25) is 5.95 Å². The van der Waals surface area contributed by atoms with E-state index in [1.807, 2.05) is 71.9 Å². The molecular weight excluding hydrogens is 553 g/mol. The van der Waals surface area contributed by atoms with Crippen molar-refractivity contribution in [3.05, 3.63) is 120 Å². The molecule has 1 aromatic heterocycles. The van der Waals surface area contributed by atoms with Gasteiger partial charge < -0.3 is 5.32 Å². The third-order valence-electron chi connectivity index (χ3n) is 7.57. The zero-order valence-electron chi connectivity index (χ0n) is 27.8. The number of nitrogens with one attached hydrogen (secondary N) is 1. The molecule has 8 heteroatoms. The van der Waals surface area contributed by atoms with Gasteiger partial charge in [-0.3, -0.25) is 9.56 Å². The average molecular weight is 600 g/mol. The third-order valence-corrected chi connectivity index (χ3v) is 7.57. The lowest BCUT2D eigenvalue weighted by Crippen LogP contribution is -2.42. The number of aryl methyl sites for hydroxylation is 2. The van der Waals surface area contributed by atoms with E-state index >= 15 is 0 Å². The minimum atomic E-state index is -0.694. The quantitative estimate of drug-likeness (QED) is 0.283. The highest BCUT2D eigenvalue weighted by atomic mass is 19.1. The second kappa shape index (κ2) is 14.9. The van der Waals surface area contributed by atoms with Gasteiger partial charge in [0.1, 0.15) is 5.82 Å². The Morgan fingerprint density at radius 3 is 2.36 bits per heavy atom. The Bertz CT molecular complexity index is 1760. The van der Waals surface area contributed by atoms with Crippen molar-refractivity contribution >= 4 is 17.4 Å². The van der Waals surface area contributed by atoms with E-state index in [9.17, 15) is 14.0 Å². The first-order valence-electron chi connectivity index (χ1n) is 15.3. The molecule has 0 spiro atoms. The molecule has 7 nitrogen and oxygen atoms in total. The third kappa shape index (κ3) is 7.98. The lowest BCUT2D eigenvalue weighted by atomic mass is 9.95. The number of aliphatic imine (C=N–C) groups is 1. The van der Waals surface area contributed by atoms with Crippen LogP contribution in [0.3, 0.4) is 0 Å². The predicted molar refractivity (Wildman–Crippen MR) is 182 cm³/mol. The van der Waals surface area contributed by atoms with Crippen LogP contribution in [0.4, 0.5) is 10.3 Å². The standard InChI is InChI=1S/C36H46FN5O2/c1-11-23(7)15-24(8)16-30(14-4)42-35(43)40-34(41(36(42)44)21-29-17-26(10)31(37)18-25(29)9)39-33-20-27(12-2)32(38-22(5)6)19-28(33)13-3/h12,14-20,22H,11,13,21H2,1-10H3,(H,39,40,43)/b23-15+,24-16-,27-12-,30-14+,38-32-. The monoisotopic (exact) mass is 599 g/mol. The SMILES string of the molecule is C/C=C1/C=C(Nc2nc(=O)n(C(/C=C(C)\C=C(/C)CC)=C/C)c(=O)n2Cc2cc(C)c(F)cc2C)C(CC)=C/C1=N/C(C)C. The molecule has 0 radical (unpaired) electrons. The lowest BCUT2D eigenvalue weighted by Gasteiger charge is -2.22. The van der Waals surface area contributed by atoms with Gasteiger partial charge in [0.05, 0.1) is 18.0 Å². The molecular formula is C36H46FN5O2. The molecule has 1 heterocycles. The van der Waals surface area contributed by atoms with Gasteiger partial charge in [-0.15, -0.1) is 0 Å². The number of nitrogens with zero attached hydrogens (tertiary/aromatic N) is 4. The smallest absolute Gasteiger partial charge is 0.325 e. The van der Waals surface area contributed by atoms with Crippen molar-refractivity contribution in [2.45, 2.75) is 94.7 Å². The van der Waals surface area contributed by atoms with E-state index in [4.69, 9.17) is 4.99 Å². The summed E-state index contributed by atoms with van der Waals surface area (Å²) in [5.41, 5.74) is 6.71. The summed E-state index contributed by atoms with van der Waals surface area (Å²) in [5, 5.41) is 3.31. The number of benzene rings is 1. The van der Waals surface area contributed by atoms with Crippen LogP contribution in [-0.4, -0.2) is 25.9 Å². The van der Waals surface area contributed by atoms with E-state index in [0.717, 1.165) is 44.7 Å². The van der Waals surface area contributed by atoms with Crippen LogP contribution in [-0.2, 0) is 6.54 Å². The van der Waals surface area contributed by atoms with Crippen molar-refractivity contribution in [2.75, 3.05) is 5.32 Å². The minimum Gasteiger partial charge on any atom is -0.325 e. The van der Waals surface area contributed by atoms with E-state index < -0.39 is 11.4 Å². The fraction of sp³-hybridized carbons (Fsp3) is 0.389. The molecule has 0 amide bonds. The summed E-state index contributed by atoms with van der Waals surface area (Å²) in [6, 6.07) is 3.33. The van der Waals surface area contributed by atoms with E-state index in [0.29, 0.717) is 23.2 Å². The van der Waals surface area contributed by atoms with Crippen molar-refractivity contribution < 1.29 is 4.39 Å². The Morgan fingerprint density at radius 1 is 1.07 bits per heavy atom. The number of aromatic nitrogens is 3. The van der Waals surface area contributed by atoms with Crippen LogP contribution in [0.15, 0.2) is 91.2 Å². The van der Waals surface area contributed by atoms with Crippen molar-refractivity contribution in [3.63, 3.8) is 0 Å². The van der Waals surface area contributed by atoms with Gasteiger partial charge in [0.25, 0.3) is 0 Å². The zero-order chi connectivity index (χ0) is 32.7. The largest absolute Gasteiger partial charge is 0.359 e. The normalized spacial score (nSPS) is 16.6. The molecule has 0 fully saturated rings. The molecule has 234 valence electrons. The fourth-order valence-electron chi connectivity index (χ4n) is 4.98. The van der Waals surface area contributed by atoms with Gasteiger partial charge in [0, 0.05) is 11.7 Å². The maximum atomic E-state index is 14.3. The van der Waals surface area contributed by atoms with Gasteiger partial charge in [-0.1, -0.05) is 43.7 Å². The first kappa shape index (κ1) is 34.2. The van der Waals surface area contributed by atoms with E-state index in [2.05, 4.69) is 17.2 Å². The number of halogens is 1.